The lowest BCUT2D eigenvalue weighted by molar-refractivity contribution is -0.118. The molecular weight excluding hydrogens is 308 g/mol. The maximum absolute atomic E-state index is 12.1. The topological polar surface area (TPSA) is 75.6 Å². The second kappa shape index (κ2) is 6.37. The molecule has 0 saturated carbocycles. The molecule has 3 rings (SSSR count). The first-order valence-corrected chi connectivity index (χ1v) is 8.41. The summed E-state index contributed by atoms with van der Waals surface area (Å²) in [7, 11) is 0. The average molecular weight is 332 g/mol. The van der Waals surface area contributed by atoms with E-state index in [1.807, 2.05) is 20.8 Å². The standard InChI is InChI=1S/C17H24N4O3/c1-17(2,3)24-16(23)21-8-6-20(7-9-21)15-13-5-4-12(22)10-14(13)18-11-19-15/h11H,4-10H2,1-3H3. The van der Waals surface area contributed by atoms with E-state index >= 15 is 0 Å². The number of anilines is 1. The maximum atomic E-state index is 12.1. The highest BCUT2D eigenvalue weighted by molar-refractivity contribution is 5.83. The van der Waals surface area contributed by atoms with Crippen molar-refractivity contribution in [2.75, 3.05) is 31.1 Å². The van der Waals surface area contributed by atoms with Crippen LogP contribution in [0.1, 0.15) is 38.4 Å². The van der Waals surface area contributed by atoms with E-state index in [-0.39, 0.29) is 11.9 Å². The van der Waals surface area contributed by atoms with Gasteiger partial charge in [-0.15, -0.1) is 0 Å². The second-order valence-corrected chi connectivity index (χ2v) is 7.29. The highest BCUT2D eigenvalue weighted by Gasteiger charge is 2.29. The highest BCUT2D eigenvalue weighted by Crippen LogP contribution is 2.26. The van der Waals surface area contributed by atoms with Gasteiger partial charge in [0.15, 0.2) is 0 Å². The summed E-state index contributed by atoms with van der Waals surface area (Å²) in [6.07, 6.45) is 2.94. The number of piperazine rings is 1. The molecule has 24 heavy (non-hydrogen) atoms. The summed E-state index contributed by atoms with van der Waals surface area (Å²) < 4.78 is 5.43. The second-order valence-electron chi connectivity index (χ2n) is 7.29. The first-order valence-electron chi connectivity index (χ1n) is 8.41. The molecule has 0 radical (unpaired) electrons. The molecule has 1 aromatic rings. The van der Waals surface area contributed by atoms with Crippen molar-refractivity contribution in [3.05, 3.63) is 17.6 Å². The van der Waals surface area contributed by atoms with Gasteiger partial charge < -0.3 is 14.5 Å². The van der Waals surface area contributed by atoms with Crippen LogP contribution in [0.2, 0.25) is 0 Å². The van der Waals surface area contributed by atoms with Gasteiger partial charge >= 0.3 is 6.09 Å². The number of hydrogen-bond donors (Lipinski definition) is 0. The van der Waals surface area contributed by atoms with Gasteiger partial charge in [-0.05, 0) is 27.2 Å². The number of ketones is 1. The Labute approximate surface area is 142 Å². The zero-order chi connectivity index (χ0) is 17.3. The maximum Gasteiger partial charge on any atom is 0.410 e. The minimum Gasteiger partial charge on any atom is -0.444 e. The molecule has 130 valence electrons. The fourth-order valence-corrected chi connectivity index (χ4v) is 3.09. The molecular formula is C17H24N4O3. The number of rotatable bonds is 1. The molecule has 1 aliphatic carbocycles. The Morgan fingerprint density at radius 1 is 1.12 bits per heavy atom. The van der Waals surface area contributed by atoms with Crippen molar-refractivity contribution in [2.45, 2.75) is 45.6 Å². The molecule has 1 aromatic heterocycles. The summed E-state index contributed by atoms with van der Waals surface area (Å²) in [5.41, 5.74) is 1.46. The van der Waals surface area contributed by atoms with Gasteiger partial charge in [-0.3, -0.25) is 4.79 Å². The van der Waals surface area contributed by atoms with Crippen LogP contribution in [0.15, 0.2) is 6.33 Å². The van der Waals surface area contributed by atoms with Crippen LogP contribution in [0.4, 0.5) is 10.6 Å². The number of carbonyl (C=O) groups is 2. The number of amides is 1. The van der Waals surface area contributed by atoms with Crippen LogP contribution in [0.25, 0.3) is 0 Å². The van der Waals surface area contributed by atoms with Crippen molar-refractivity contribution in [2.24, 2.45) is 0 Å². The zero-order valence-corrected chi connectivity index (χ0v) is 14.5. The van der Waals surface area contributed by atoms with E-state index in [2.05, 4.69) is 14.9 Å². The average Bonchev–Trinajstić information content (AvgIpc) is 2.52. The number of aromatic nitrogens is 2. The van der Waals surface area contributed by atoms with Crippen molar-refractivity contribution in [3.63, 3.8) is 0 Å². The van der Waals surface area contributed by atoms with E-state index in [1.165, 1.54) is 6.33 Å². The molecule has 7 nitrogen and oxygen atoms in total. The van der Waals surface area contributed by atoms with E-state index in [4.69, 9.17) is 4.74 Å². The van der Waals surface area contributed by atoms with E-state index in [1.54, 1.807) is 4.90 Å². The number of nitrogens with zero attached hydrogens (tertiary/aromatic N) is 4. The molecule has 7 heteroatoms. The predicted octanol–water partition coefficient (Wildman–Crippen LogP) is 1.59. The number of fused-ring (bicyclic) bond motifs is 1. The van der Waals surface area contributed by atoms with Gasteiger partial charge in [0.05, 0.1) is 5.69 Å². The van der Waals surface area contributed by atoms with Crippen LogP contribution in [0.3, 0.4) is 0 Å². The summed E-state index contributed by atoms with van der Waals surface area (Å²) >= 11 is 0. The number of ether oxygens (including phenoxy) is 1. The molecule has 0 spiro atoms. The Morgan fingerprint density at radius 2 is 1.83 bits per heavy atom. The molecule has 2 aliphatic rings. The first kappa shape index (κ1) is 16.7. The lowest BCUT2D eigenvalue weighted by Crippen LogP contribution is -2.50. The lowest BCUT2D eigenvalue weighted by atomic mass is 9.95. The fraction of sp³-hybridized carbons (Fsp3) is 0.647. The van der Waals surface area contributed by atoms with Gasteiger partial charge in [-0.25, -0.2) is 14.8 Å². The minimum atomic E-state index is -0.480. The smallest absolute Gasteiger partial charge is 0.410 e. The molecule has 0 bridgehead atoms. The van der Waals surface area contributed by atoms with Crippen LogP contribution >= 0.6 is 0 Å². The molecule has 1 amide bonds. The number of hydrogen-bond acceptors (Lipinski definition) is 6. The van der Waals surface area contributed by atoms with Crippen LogP contribution in [0.5, 0.6) is 0 Å². The van der Waals surface area contributed by atoms with Crippen LogP contribution in [-0.2, 0) is 22.4 Å². The van der Waals surface area contributed by atoms with Gasteiger partial charge in [0.2, 0.25) is 0 Å². The summed E-state index contributed by atoms with van der Waals surface area (Å²) in [6, 6.07) is 0. The van der Waals surface area contributed by atoms with Crippen LogP contribution in [-0.4, -0.2) is 58.5 Å². The van der Waals surface area contributed by atoms with E-state index in [0.29, 0.717) is 45.4 Å². The number of Topliss-reactive ketones (excluding diaryl/α,β-unsaturated/α-hetero) is 1. The molecule has 0 aromatic carbocycles. The van der Waals surface area contributed by atoms with Crippen molar-refractivity contribution in [3.8, 4) is 0 Å². The molecule has 0 N–H and O–H groups in total. The Hall–Kier alpha value is -2.18. The summed E-state index contributed by atoms with van der Waals surface area (Å²) in [5.74, 6) is 1.15. The number of carbonyl (C=O) groups excluding carboxylic acids is 2. The minimum absolute atomic E-state index is 0.238. The molecule has 1 saturated heterocycles. The molecule has 1 aliphatic heterocycles. The summed E-state index contributed by atoms with van der Waals surface area (Å²) in [5, 5.41) is 0. The van der Waals surface area contributed by atoms with Crippen LogP contribution in [0, 0.1) is 0 Å². The van der Waals surface area contributed by atoms with Gasteiger partial charge in [0, 0.05) is 44.6 Å². The Balaban J connectivity index is 1.67. The predicted molar refractivity (Wildman–Crippen MR) is 89.1 cm³/mol. The first-order chi connectivity index (χ1) is 11.3. The molecule has 0 atom stereocenters. The fourth-order valence-electron chi connectivity index (χ4n) is 3.09. The van der Waals surface area contributed by atoms with Gasteiger partial charge in [0.1, 0.15) is 23.5 Å². The van der Waals surface area contributed by atoms with Gasteiger partial charge in [-0.1, -0.05) is 0 Å². The molecule has 0 unspecified atom stereocenters. The Bertz CT molecular complexity index is 646. The van der Waals surface area contributed by atoms with Crippen LogP contribution < -0.4 is 4.90 Å². The quantitative estimate of drug-likeness (QED) is 0.777. The van der Waals surface area contributed by atoms with Crippen molar-refractivity contribution >= 4 is 17.7 Å². The van der Waals surface area contributed by atoms with Crippen molar-refractivity contribution in [1.29, 1.82) is 0 Å². The SMILES string of the molecule is CC(C)(C)OC(=O)N1CCN(c2ncnc3c2CCC(=O)C3)CC1. The monoisotopic (exact) mass is 332 g/mol. The Kier molecular flexibility index (Phi) is 4.43. The third-order valence-corrected chi connectivity index (χ3v) is 4.26. The Morgan fingerprint density at radius 3 is 2.50 bits per heavy atom. The largest absolute Gasteiger partial charge is 0.444 e. The van der Waals surface area contributed by atoms with E-state index < -0.39 is 5.60 Å². The van der Waals surface area contributed by atoms with Crippen molar-refractivity contribution in [1.82, 2.24) is 14.9 Å². The van der Waals surface area contributed by atoms with Crippen molar-refractivity contribution < 1.29 is 14.3 Å². The van der Waals surface area contributed by atoms with Gasteiger partial charge in [0.25, 0.3) is 0 Å². The summed E-state index contributed by atoms with van der Waals surface area (Å²) in [6.45, 7) is 8.23. The van der Waals surface area contributed by atoms with E-state index in [9.17, 15) is 9.59 Å². The normalized spacial score (nSPS) is 18.4. The highest BCUT2D eigenvalue weighted by atomic mass is 16.6. The lowest BCUT2D eigenvalue weighted by Gasteiger charge is -2.37. The van der Waals surface area contributed by atoms with Gasteiger partial charge in [-0.2, -0.15) is 0 Å². The molecule has 1 fully saturated rings. The van der Waals surface area contributed by atoms with E-state index in [0.717, 1.165) is 17.1 Å². The zero-order valence-electron chi connectivity index (χ0n) is 14.5. The molecule has 2 heterocycles. The third-order valence-electron chi connectivity index (χ3n) is 4.26. The third kappa shape index (κ3) is 3.66. The summed E-state index contributed by atoms with van der Waals surface area (Å²) in [4.78, 5) is 36.4.